The Morgan fingerprint density at radius 3 is 2.70 bits per heavy atom. The molecule has 2 aliphatic rings. The molecule has 1 N–H and O–H groups in total. The van der Waals surface area contributed by atoms with Gasteiger partial charge in [0.15, 0.2) is 5.96 Å². The molecule has 0 aliphatic carbocycles. The summed E-state index contributed by atoms with van der Waals surface area (Å²) in [5.74, 6) is 1.92. The van der Waals surface area contributed by atoms with Crippen LogP contribution >= 0.6 is 11.8 Å². The minimum Gasteiger partial charge on any atom is -0.357 e. The summed E-state index contributed by atoms with van der Waals surface area (Å²) in [5.41, 5.74) is 0. The molecule has 23 heavy (non-hydrogen) atoms. The zero-order chi connectivity index (χ0) is 16.7. The maximum absolute atomic E-state index is 11.8. The largest absolute Gasteiger partial charge is 0.357 e. The molecule has 0 bridgehead atoms. The summed E-state index contributed by atoms with van der Waals surface area (Å²) < 4.78 is 0. The molecule has 2 fully saturated rings. The number of imide groups is 1. The number of rotatable bonds is 5. The molecule has 1 atom stereocenters. The van der Waals surface area contributed by atoms with Crippen LogP contribution < -0.4 is 5.32 Å². The lowest BCUT2D eigenvalue weighted by molar-refractivity contribution is -0.147. The Labute approximate surface area is 143 Å². The molecule has 2 amide bonds. The molecule has 6 nitrogen and oxygen atoms in total. The SMILES string of the molecule is CCNC(=NCCN1C(=O)CCCC1=O)N1CCSC(CC)C1. The summed E-state index contributed by atoms with van der Waals surface area (Å²) in [6.07, 6.45) is 2.81. The topological polar surface area (TPSA) is 65.0 Å². The molecular weight excluding hydrogens is 312 g/mol. The molecule has 2 saturated heterocycles. The predicted molar refractivity (Wildman–Crippen MR) is 94.7 cm³/mol. The molecule has 0 spiro atoms. The highest BCUT2D eigenvalue weighted by atomic mass is 32.2. The number of hydrogen-bond acceptors (Lipinski definition) is 4. The molecule has 0 saturated carbocycles. The monoisotopic (exact) mass is 340 g/mol. The van der Waals surface area contributed by atoms with Crippen LogP contribution in [-0.2, 0) is 9.59 Å². The highest BCUT2D eigenvalue weighted by Crippen LogP contribution is 2.21. The van der Waals surface area contributed by atoms with Crippen molar-refractivity contribution in [3.63, 3.8) is 0 Å². The molecule has 7 heteroatoms. The first-order valence-corrected chi connectivity index (χ1v) is 9.68. The average Bonchev–Trinajstić information content (AvgIpc) is 2.56. The fourth-order valence-corrected chi connectivity index (χ4v) is 4.07. The van der Waals surface area contributed by atoms with Crippen molar-refractivity contribution in [3.8, 4) is 0 Å². The van der Waals surface area contributed by atoms with E-state index in [-0.39, 0.29) is 11.8 Å². The number of amides is 2. The molecule has 0 aromatic rings. The third kappa shape index (κ3) is 5.12. The summed E-state index contributed by atoms with van der Waals surface area (Å²) >= 11 is 2.03. The van der Waals surface area contributed by atoms with Crippen LogP contribution in [0.1, 0.15) is 39.5 Å². The van der Waals surface area contributed by atoms with Crippen LogP contribution in [0.2, 0.25) is 0 Å². The maximum Gasteiger partial charge on any atom is 0.229 e. The Morgan fingerprint density at radius 1 is 1.30 bits per heavy atom. The quantitative estimate of drug-likeness (QED) is 0.464. The van der Waals surface area contributed by atoms with Gasteiger partial charge < -0.3 is 10.2 Å². The van der Waals surface area contributed by atoms with Gasteiger partial charge in [-0.3, -0.25) is 19.5 Å². The zero-order valence-corrected chi connectivity index (χ0v) is 15.0. The van der Waals surface area contributed by atoms with Gasteiger partial charge in [-0.25, -0.2) is 0 Å². The van der Waals surface area contributed by atoms with E-state index in [1.54, 1.807) is 0 Å². The molecule has 2 heterocycles. The van der Waals surface area contributed by atoms with Crippen molar-refractivity contribution >= 4 is 29.5 Å². The highest BCUT2D eigenvalue weighted by molar-refractivity contribution is 8.00. The lowest BCUT2D eigenvalue weighted by atomic mass is 10.1. The maximum atomic E-state index is 11.8. The van der Waals surface area contributed by atoms with E-state index >= 15 is 0 Å². The summed E-state index contributed by atoms with van der Waals surface area (Å²) in [6, 6.07) is 0. The van der Waals surface area contributed by atoms with Crippen LogP contribution in [0, 0.1) is 0 Å². The highest BCUT2D eigenvalue weighted by Gasteiger charge is 2.25. The summed E-state index contributed by atoms with van der Waals surface area (Å²) in [5, 5.41) is 3.99. The molecule has 2 rings (SSSR count). The lowest BCUT2D eigenvalue weighted by Gasteiger charge is -2.34. The summed E-state index contributed by atoms with van der Waals surface area (Å²) in [4.78, 5) is 32.0. The number of nitrogens with one attached hydrogen (secondary N) is 1. The van der Waals surface area contributed by atoms with Crippen molar-refractivity contribution < 1.29 is 9.59 Å². The standard InChI is InChI=1S/C16H28N4O2S/c1-3-13-12-19(10-11-23-13)16(17-4-2)18-8-9-20-14(21)6-5-7-15(20)22/h13H,3-12H2,1-2H3,(H,17,18). The van der Waals surface area contributed by atoms with Gasteiger partial charge in [0, 0.05) is 50.0 Å². The Bertz CT molecular complexity index is 439. The molecule has 0 radical (unpaired) electrons. The van der Waals surface area contributed by atoms with Crippen molar-refractivity contribution in [2.45, 2.75) is 44.8 Å². The summed E-state index contributed by atoms with van der Waals surface area (Å²) in [7, 11) is 0. The van der Waals surface area contributed by atoms with Gasteiger partial charge in [0.05, 0.1) is 6.54 Å². The van der Waals surface area contributed by atoms with Gasteiger partial charge in [-0.05, 0) is 19.8 Å². The second-order valence-corrected chi connectivity index (χ2v) is 7.28. The number of nitrogens with zero attached hydrogens (tertiary/aromatic N) is 3. The smallest absolute Gasteiger partial charge is 0.229 e. The van der Waals surface area contributed by atoms with E-state index in [4.69, 9.17) is 0 Å². The molecular formula is C16H28N4O2S. The van der Waals surface area contributed by atoms with Gasteiger partial charge in [-0.2, -0.15) is 11.8 Å². The predicted octanol–water partition coefficient (Wildman–Crippen LogP) is 1.32. The Kier molecular flexibility index (Phi) is 7.20. The van der Waals surface area contributed by atoms with E-state index in [9.17, 15) is 9.59 Å². The first kappa shape index (κ1) is 18.1. The molecule has 2 aliphatic heterocycles. The summed E-state index contributed by atoms with van der Waals surface area (Å²) in [6.45, 7) is 7.97. The van der Waals surface area contributed by atoms with Crippen molar-refractivity contribution in [1.29, 1.82) is 0 Å². The molecule has 130 valence electrons. The van der Waals surface area contributed by atoms with Gasteiger partial charge in [0.1, 0.15) is 0 Å². The second-order valence-electron chi connectivity index (χ2n) is 5.88. The van der Waals surface area contributed by atoms with Crippen LogP contribution in [0.3, 0.4) is 0 Å². The number of thioether (sulfide) groups is 1. The van der Waals surface area contributed by atoms with Crippen LogP contribution in [-0.4, -0.2) is 71.3 Å². The number of hydrogen-bond donors (Lipinski definition) is 1. The lowest BCUT2D eigenvalue weighted by Crippen LogP contribution is -2.48. The Hall–Kier alpha value is -1.24. The van der Waals surface area contributed by atoms with Crippen LogP contribution in [0.5, 0.6) is 0 Å². The molecule has 0 aromatic heterocycles. The van der Waals surface area contributed by atoms with Crippen LogP contribution in [0.4, 0.5) is 0 Å². The minimum atomic E-state index is -0.0538. The number of carbonyl (C=O) groups excluding carboxylic acids is 2. The van der Waals surface area contributed by atoms with E-state index in [1.165, 1.54) is 4.90 Å². The van der Waals surface area contributed by atoms with E-state index in [1.807, 2.05) is 11.8 Å². The fraction of sp³-hybridized carbons (Fsp3) is 0.812. The van der Waals surface area contributed by atoms with Crippen LogP contribution in [0.15, 0.2) is 4.99 Å². The van der Waals surface area contributed by atoms with Crippen molar-refractivity contribution in [1.82, 2.24) is 15.1 Å². The number of guanidine groups is 1. The average molecular weight is 340 g/mol. The van der Waals surface area contributed by atoms with Crippen molar-refractivity contribution in [3.05, 3.63) is 0 Å². The first-order valence-electron chi connectivity index (χ1n) is 8.63. The zero-order valence-electron chi connectivity index (χ0n) is 14.2. The van der Waals surface area contributed by atoms with E-state index < -0.39 is 0 Å². The van der Waals surface area contributed by atoms with Gasteiger partial charge in [-0.15, -0.1) is 0 Å². The number of aliphatic imine (C=N–C) groups is 1. The first-order chi connectivity index (χ1) is 11.2. The fourth-order valence-electron chi connectivity index (χ4n) is 2.89. The number of piperidine rings is 1. The third-order valence-electron chi connectivity index (χ3n) is 4.20. The number of carbonyl (C=O) groups is 2. The molecule has 0 aromatic carbocycles. The van der Waals surface area contributed by atoms with E-state index in [2.05, 4.69) is 29.1 Å². The normalized spacial score (nSPS) is 23.4. The van der Waals surface area contributed by atoms with Gasteiger partial charge in [-0.1, -0.05) is 6.92 Å². The Morgan fingerprint density at radius 2 is 2.04 bits per heavy atom. The van der Waals surface area contributed by atoms with E-state index in [0.717, 1.165) is 37.8 Å². The second kappa shape index (κ2) is 9.15. The van der Waals surface area contributed by atoms with Gasteiger partial charge in [0.2, 0.25) is 11.8 Å². The van der Waals surface area contributed by atoms with Gasteiger partial charge >= 0.3 is 0 Å². The van der Waals surface area contributed by atoms with Crippen molar-refractivity contribution in [2.24, 2.45) is 4.99 Å². The number of likely N-dealkylation sites (tertiary alicyclic amines) is 1. The van der Waals surface area contributed by atoms with Crippen LogP contribution in [0.25, 0.3) is 0 Å². The third-order valence-corrected chi connectivity index (χ3v) is 5.57. The minimum absolute atomic E-state index is 0.0538. The van der Waals surface area contributed by atoms with Crippen molar-refractivity contribution in [2.75, 3.05) is 38.5 Å². The molecule has 1 unspecified atom stereocenters. The Balaban J connectivity index is 1.92. The van der Waals surface area contributed by atoms with Gasteiger partial charge in [0.25, 0.3) is 0 Å². The van der Waals surface area contributed by atoms with E-state index in [0.29, 0.717) is 37.6 Å².